The number of carbonyl (C=O) groups excluding carboxylic acids is 1. The summed E-state index contributed by atoms with van der Waals surface area (Å²) in [5, 5.41) is 8.73. The molecule has 0 aliphatic rings. The lowest BCUT2D eigenvalue weighted by Crippen LogP contribution is -2.31. The number of nitrogens with two attached hydrogens (primary N) is 2. The number of anilines is 2. The largest absolute Gasteiger partial charge is 0.467 e. The first-order valence-corrected chi connectivity index (χ1v) is 6.45. The molecular formula is C15H16N4O2. The SMILES string of the molecule is N#CCCN(Cc1ccco1)C(=O)c1ccc(N)cc1N. The van der Waals surface area contributed by atoms with Gasteiger partial charge in [0.25, 0.3) is 5.91 Å². The van der Waals surface area contributed by atoms with E-state index in [2.05, 4.69) is 0 Å². The Balaban J connectivity index is 2.22. The van der Waals surface area contributed by atoms with Crippen LogP contribution in [0.2, 0.25) is 0 Å². The number of benzene rings is 1. The van der Waals surface area contributed by atoms with E-state index in [-0.39, 0.29) is 18.9 Å². The van der Waals surface area contributed by atoms with E-state index < -0.39 is 0 Å². The minimum Gasteiger partial charge on any atom is -0.467 e. The van der Waals surface area contributed by atoms with Gasteiger partial charge in [-0.25, -0.2) is 0 Å². The molecule has 0 bridgehead atoms. The predicted molar refractivity (Wildman–Crippen MR) is 78.9 cm³/mol. The molecule has 1 heterocycles. The number of nitriles is 1. The fraction of sp³-hybridized carbons (Fsp3) is 0.200. The molecule has 0 saturated carbocycles. The minimum absolute atomic E-state index is 0.237. The summed E-state index contributed by atoms with van der Waals surface area (Å²) in [5.74, 6) is 0.398. The quantitative estimate of drug-likeness (QED) is 0.816. The molecule has 0 fully saturated rings. The number of furan rings is 1. The Bertz CT molecular complexity index is 659. The molecule has 2 rings (SSSR count). The van der Waals surface area contributed by atoms with E-state index in [1.807, 2.05) is 6.07 Å². The smallest absolute Gasteiger partial charge is 0.256 e. The first-order chi connectivity index (χ1) is 10.1. The van der Waals surface area contributed by atoms with Crippen molar-refractivity contribution in [2.45, 2.75) is 13.0 Å². The van der Waals surface area contributed by atoms with E-state index in [9.17, 15) is 4.79 Å². The van der Waals surface area contributed by atoms with E-state index in [0.29, 0.717) is 29.2 Å². The maximum atomic E-state index is 12.6. The van der Waals surface area contributed by atoms with Crippen LogP contribution in [0.1, 0.15) is 22.5 Å². The van der Waals surface area contributed by atoms with Crippen molar-refractivity contribution < 1.29 is 9.21 Å². The second-order valence-corrected chi connectivity index (χ2v) is 4.56. The van der Waals surface area contributed by atoms with Crippen LogP contribution < -0.4 is 11.5 Å². The lowest BCUT2D eigenvalue weighted by atomic mass is 10.1. The zero-order chi connectivity index (χ0) is 15.2. The van der Waals surface area contributed by atoms with Crippen LogP contribution in [0.15, 0.2) is 41.0 Å². The molecule has 2 aromatic rings. The number of nitrogen functional groups attached to an aromatic ring is 2. The second kappa shape index (κ2) is 6.48. The van der Waals surface area contributed by atoms with Gasteiger partial charge >= 0.3 is 0 Å². The number of rotatable bonds is 5. The van der Waals surface area contributed by atoms with Crippen molar-refractivity contribution in [1.29, 1.82) is 5.26 Å². The highest BCUT2D eigenvalue weighted by atomic mass is 16.3. The number of amides is 1. The molecule has 0 spiro atoms. The summed E-state index contributed by atoms with van der Waals surface area (Å²) >= 11 is 0. The van der Waals surface area contributed by atoms with E-state index >= 15 is 0 Å². The molecule has 0 aliphatic carbocycles. The average molecular weight is 284 g/mol. The Morgan fingerprint density at radius 2 is 2.14 bits per heavy atom. The maximum Gasteiger partial charge on any atom is 0.256 e. The molecule has 0 unspecified atom stereocenters. The highest BCUT2D eigenvalue weighted by Gasteiger charge is 2.19. The predicted octanol–water partition coefficient (Wildman–Crippen LogP) is 2.00. The van der Waals surface area contributed by atoms with Crippen molar-refractivity contribution >= 4 is 17.3 Å². The molecule has 0 saturated heterocycles. The zero-order valence-electron chi connectivity index (χ0n) is 11.5. The van der Waals surface area contributed by atoms with Crippen molar-refractivity contribution in [3.05, 3.63) is 47.9 Å². The van der Waals surface area contributed by atoms with Crippen molar-refractivity contribution in [2.24, 2.45) is 0 Å². The molecule has 6 nitrogen and oxygen atoms in total. The number of hydrogen-bond acceptors (Lipinski definition) is 5. The van der Waals surface area contributed by atoms with Crippen LogP contribution in [-0.2, 0) is 6.54 Å². The summed E-state index contributed by atoms with van der Waals surface area (Å²) in [7, 11) is 0. The van der Waals surface area contributed by atoms with E-state index in [0.717, 1.165) is 0 Å². The van der Waals surface area contributed by atoms with Crippen molar-refractivity contribution in [1.82, 2.24) is 4.90 Å². The van der Waals surface area contributed by atoms with Crippen molar-refractivity contribution in [3.63, 3.8) is 0 Å². The van der Waals surface area contributed by atoms with Crippen LogP contribution in [0.25, 0.3) is 0 Å². The Hall–Kier alpha value is -2.94. The van der Waals surface area contributed by atoms with Gasteiger partial charge in [0.15, 0.2) is 0 Å². The highest BCUT2D eigenvalue weighted by molar-refractivity contribution is 5.99. The standard InChI is InChI=1S/C15H16N4O2/c16-6-2-7-19(10-12-3-1-8-21-12)15(20)13-5-4-11(17)9-14(13)18/h1,3-5,8-9H,2,7,10,17-18H2. The van der Waals surface area contributed by atoms with Crippen LogP contribution in [0.4, 0.5) is 11.4 Å². The lowest BCUT2D eigenvalue weighted by molar-refractivity contribution is 0.0736. The molecule has 4 N–H and O–H groups in total. The van der Waals surface area contributed by atoms with Crippen molar-refractivity contribution in [2.75, 3.05) is 18.0 Å². The summed E-state index contributed by atoms with van der Waals surface area (Å²) in [6.07, 6.45) is 1.78. The molecule has 21 heavy (non-hydrogen) atoms. The van der Waals surface area contributed by atoms with E-state index in [1.165, 1.54) is 4.90 Å². The third-order valence-electron chi connectivity index (χ3n) is 3.01. The fourth-order valence-electron chi connectivity index (χ4n) is 1.97. The molecule has 0 radical (unpaired) electrons. The lowest BCUT2D eigenvalue weighted by Gasteiger charge is -2.21. The maximum absolute atomic E-state index is 12.6. The Kier molecular flexibility index (Phi) is 4.46. The first-order valence-electron chi connectivity index (χ1n) is 6.45. The van der Waals surface area contributed by atoms with Crippen LogP contribution in [0.5, 0.6) is 0 Å². The molecule has 1 amide bonds. The van der Waals surface area contributed by atoms with Crippen LogP contribution >= 0.6 is 0 Å². The fourth-order valence-corrected chi connectivity index (χ4v) is 1.97. The summed E-state index contributed by atoms with van der Waals surface area (Å²) in [4.78, 5) is 14.1. The van der Waals surface area contributed by atoms with E-state index in [1.54, 1.807) is 36.6 Å². The monoisotopic (exact) mass is 284 g/mol. The van der Waals surface area contributed by atoms with Gasteiger partial charge in [0.2, 0.25) is 0 Å². The first kappa shape index (κ1) is 14.5. The van der Waals surface area contributed by atoms with Gasteiger partial charge in [-0.05, 0) is 30.3 Å². The Morgan fingerprint density at radius 1 is 1.33 bits per heavy atom. The average Bonchev–Trinajstić information content (AvgIpc) is 2.95. The van der Waals surface area contributed by atoms with Crippen LogP contribution in [-0.4, -0.2) is 17.4 Å². The highest BCUT2D eigenvalue weighted by Crippen LogP contribution is 2.19. The molecule has 1 aromatic heterocycles. The van der Waals surface area contributed by atoms with Gasteiger partial charge in [-0.1, -0.05) is 0 Å². The normalized spacial score (nSPS) is 10.0. The molecule has 108 valence electrons. The van der Waals surface area contributed by atoms with E-state index in [4.69, 9.17) is 21.1 Å². The third kappa shape index (κ3) is 3.54. The summed E-state index contributed by atoms with van der Waals surface area (Å²) in [5.41, 5.74) is 12.7. The Labute approximate surface area is 122 Å². The molecule has 0 aliphatic heterocycles. The number of nitrogens with zero attached hydrogens (tertiary/aromatic N) is 2. The topological polar surface area (TPSA) is 109 Å². The zero-order valence-corrected chi connectivity index (χ0v) is 11.5. The van der Waals surface area contributed by atoms with Crippen LogP contribution in [0.3, 0.4) is 0 Å². The van der Waals surface area contributed by atoms with Gasteiger partial charge in [-0.2, -0.15) is 5.26 Å². The molecular weight excluding hydrogens is 268 g/mol. The van der Waals surface area contributed by atoms with Crippen molar-refractivity contribution in [3.8, 4) is 6.07 Å². The summed E-state index contributed by atoms with van der Waals surface area (Å²) in [6, 6.07) is 10.3. The van der Waals surface area contributed by atoms with Gasteiger partial charge in [0, 0.05) is 17.9 Å². The van der Waals surface area contributed by atoms with Gasteiger partial charge < -0.3 is 20.8 Å². The minimum atomic E-state index is -0.251. The third-order valence-corrected chi connectivity index (χ3v) is 3.01. The molecule has 6 heteroatoms. The van der Waals surface area contributed by atoms with Gasteiger partial charge in [0.05, 0.1) is 30.9 Å². The Morgan fingerprint density at radius 3 is 2.76 bits per heavy atom. The van der Waals surface area contributed by atoms with Gasteiger partial charge in [-0.3, -0.25) is 4.79 Å². The van der Waals surface area contributed by atoms with Gasteiger partial charge in [-0.15, -0.1) is 0 Å². The van der Waals surface area contributed by atoms with Gasteiger partial charge in [0.1, 0.15) is 5.76 Å². The number of hydrogen-bond donors (Lipinski definition) is 2. The molecule has 1 aromatic carbocycles. The second-order valence-electron chi connectivity index (χ2n) is 4.56. The number of carbonyl (C=O) groups is 1. The summed E-state index contributed by atoms with van der Waals surface area (Å²) < 4.78 is 5.25. The summed E-state index contributed by atoms with van der Waals surface area (Å²) in [6.45, 7) is 0.594. The molecule has 0 atom stereocenters. The van der Waals surface area contributed by atoms with Crippen LogP contribution in [0, 0.1) is 11.3 Å².